The van der Waals surface area contributed by atoms with Crippen LogP contribution in [0.25, 0.3) is 0 Å². The number of likely N-dealkylation sites (tertiary alicyclic amines) is 1. The summed E-state index contributed by atoms with van der Waals surface area (Å²) in [5, 5.41) is 13.0. The van der Waals surface area contributed by atoms with Crippen LogP contribution in [0, 0.1) is 25.7 Å². The quantitative estimate of drug-likeness (QED) is 0.169. The lowest BCUT2D eigenvalue weighted by Gasteiger charge is -2.37. The summed E-state index contributed by atoms with van der Waals surface area (Å²) in [7, 11) is 0. The van der Waals surface area contributed by atoms with Crippen molar-refractivity contribution in [1.82, 2.24) is 10.2 Å². The van der Waals surface area contributed by atoms with Gasteiger partial charge in [0.1, 0.15) is 17.7 Å². The van der Waals surface area contributed by atoms with Gasteiger partial charge in [0, 0.05) is 30.0 Å². The van der Waals surface area contributed by atoms with Crippen LogP contribution in [-0.2, 0) is 28.7 Å². The van der Waals surface area contributed by atoms with Crippen LogP contribution in [0.3, 0.4) is 0 Å². The molecule has 3 aliphatic heterocycles. The van der Waals surface area contributed by atoms with Gasteiger partial charge in [0.15, 0.2) is 0 Å². The highest BCUT2D eigenvalue weighted by Crippen LogP contribution is 2.60. The number of fused-ring (bicyclic) bond motifs is 1. The van der Waals surface area contributed by atoms with Crippen molar-refractivity contribution in [1.29, 1.82) is 0 Å². The van der Waals surface area contributed by atoms with E-state index in [2.05, 4.69) is 34.4 Å². The second-order valence-electron chi connectivity index (χ2n) is 12.8. The minimum atomic E-state index is -1.34. The van der Waals surface area contributed by atoms with E-state index in [-0.39, 0.29) is 42.8 Å². The van der Waals surface area contributed by atoms with E-state index in [0.717, 1.165) is 11.1 Å². The van der Waals surface area contributed by atoms with Crippen LogP contribution >= 0.6 is 15.9 Å². The van der Waals surface area contributed by atoms with Gasteiger partial charge in [-0.05, 0) is 50.3 Å². The highest BCUT2D eigenvalue weighted by molar-refractivity contribution is 9.09. The Labute approximate surface area is 290 Å². The third-order valence-electron chi connectivity index (χ3n) is 9.71. The molecule has 3 fully saturated rings. The Morgan fingerprint density at radius 3 is 2.46 bits per heavy atom. The Morgan fingerprint density at radius 2 is 1.83 bits per heavy atom. The van der Waals surface area contributed by atoms with E-state index in [0.29, 0.717) is 24.1 Å². The maximum absolute atomic E-state index is 14.8. The van der Waals surface area contributed by atoms with Crippen LogP contribution in [0.15, 0.2) is 73.8 Å². The molecule has 1 unspecified atom stereocenters. The first-order valence-electron chi connectivity index (χ1n) is 16.4. The molecule has 1 spiro atoms. The minimum Gasteiger partial charge on any atom is -0.455 e. The summed E-state index contributed by atoms with van der Waals surface area (Å²) in [6.07, 6.45) is 2.76. The molecule has 0 aliphatic carbocycles. The van der Waals surface area contributed by atoms with Gasteiger partial charge in [0.25, 0.3) is 5.91 Å². The number of hydrogen-bond acceptors (Lipinski definition) is 7. The number of aliphatic hydroxyl groups is 1. The van der Waals surface area contributed by atoms with E-state index in [1.54, 1.807) is 24.0 Å². The number of β-amino-alcohol motifs (C(OH)–C–C–N with tert-alkyl or cyclic N) is 1. The lowest BCUT2D eigenvalue weighted by molar-refractivity contribution is -0.162. The topological polar surface area (TPSA) is 125 Å². The van der Waals surface area contributed by atoms with Crippen LogP contribution in [-0.4, -0.2) is 82.0 Å². The number of rotatable bonds is 14. The summed E-state index contributed by atoms with van der Waals surface area (Å²) in [4.78, 5) is 58.7. The zero-order valence-corrected chi connectivity index (χ0v) is 29.2. The number of ether oxygens (including phenoxy) is 2. The fourth-order valence-corrected chi connectivity index (χ4v) is 8.71. The highest BCUT2D eigenvalue weighted by Gasteiger charge is 2.77. The molecule has 48 heavy (non-hydrogen) atoms. The number of alkyl halides is 1. The smallest absolute Gasteiger partial charge is 0.313 e. The normalized spacial score (nSPS) is 26.8. The maximum atomic E-state index is 14.8. The summed E-state index contributed by atoms with van der Waals surface area (Å²) in [6, 6.07) is 13.2. The molecule has 8 atom stereocenters. The number of nitrogens with one attached hydrogen (secondary N) is 1. The van der Waals surface area contributed by atoms with E-state index in [4.69, 9.17) is 9.47 Å². The first-order chi connectivity index (χ1) is 23.0. The van der Waals surface area contributed by atoms with Crippen LogP contribution in [0.2, 0.25) is 0 Å². The van der Waals surface area contributed by atoms with Gasteiger partial charge in [0.2, 0.25) is 11.8 Å². The van der Waals surface area contributed by atoms with Gasteiger partial charge in [-0.3, -0.25) is 19.2 Å². The number of anilines is 1. The third kappa shape index (κ3) is 6.35. The van der Waals surface area contributed by atoms with Crippen molar-refractivity contribution in [3.63, 3.8) is 0 Å². The molecule has 256 valence electrons. The molecule has 0 aromatic heterocycles. The Balaban J connectivity index is 1.50. The minimum absolute atomic E-state index is 0.106. The monoisotopic (exact) mass is 721 g/mol. The van der Waals surface area contributed by atoms with Crippen LogP contribution in [0.5, 0.6) is 0 Å². The lowest BCUT2D eigenvalue weighted by atomic mass is 9.70. The van der Waals surface area contributed by atoms with Crippen molar-refractivity contribution >= 4 is 45.3 Å². The molecule has 10 nitrogen and oxygen atoms in total. The van der Waals surface area contributed by atoms with E-state index >= 15 is 0 Å². The number of halogens is 1. The van der Waals surface area contributed by atoms with Crippen molar-refractivity contribution in [2.45, 2.75) is 74.8 Å². The number of esters is 1. The largest absolute Gasteiger partial charge is 0.455 e. The predicted molar refractivity (Wildman–Crippen MR) is 185 cm³/mol. The number of amides is 3. The Bertz CT molecular complexity index is 1550. The second kappa shape index (κ2) is 14.8. The summed E-state index contributed by atoms with van der Waals surface area (Å²) in [5.41, 5.74) is 1.82. The molecule has 5 rings (SSSR count). The third-order valence-corrected chi connectivity index (χ3v) is 10.6. The highest BCUT2D eigenvalue weighted by atomic mass is 79.9. The molecule has 2 bridgehead atoms. The van der Waals surface area contributed by atoms with Gasteiger partial charge in [0.05, 0.1) is 30.6 Å². The van der Waals surface area contributed by atoms with Gasteiger partial charge in [-0.15, -0.1) is 13.2 Å². The zero-order valence-electron chi connectivity index (χ0n) is 27.6. The molecule has 3 amide bonds. The lowest BCUT2D eigenvalue weighted by Crippen LogP contribution is -2.57. The van der Waals surface area contributed by atoms with Crippen molar-refractivity contribution in [2.24, 2.45) is 11.8 Å². The standard InChI is InChI=1S/C37H44BrN3O7/c1-6-8-17-27(43)39-24(5)31(25-15-10-9-11-16-25)47-36(46)28-29-34(44)41(19-20-42)33(37(29)21-26(38)32(28)48-37)35(45)40(18-7-2)30-22(3)13-12-14-23(30)4/h6-7,9-16,24,26,28-29,31-33,42H,1-2,8,17-21H2,3-5H3,(H,39,43)/t24-,26?,28-,29+,31-,32-,33-,37+/m0/s1. The Hall–Kier alpha value is -3.80. The average Bonchev–Trinajstić information content (AvgIpc) is 3.65. The number of hydrogen-bond donors (Lipinski definition) is 2. The summed E-state index contributed by atoms with van der Waals surface area (Å²) in [5.74, 6) is -3.71. The summed E-state index contributed by atoms with van der Waals surface area (Å²) >= 11 is 3.71. The molecule has 3 heterocycles. The van der Waals surface area contributed by atoms with Gasteiger partial charge >= 0.3 is 5.97 Å². The van der Waals surface area contributed by atoms with Gasteiger partial charge in [-0.1, -0.05) is 76.6 Å². The van der Waals surface area contributed by atoms with Crippen molar-refractivity contribution < 1.29 is 33.8 Å². The molecule has 0 saturated carbocycles. The fourth-order valence-electron chi connectivity index (χ4n) is 7.77. The average molecular weight is 723 g/mol. The van der Waals surface area contributed by atoms with Gasteiger partial charge in [-0.2, -0.15) is 0 Å². The first kappa shape index (κ1) is 35.5. The fraction of sp³-hybridized carbons (Fsp3) is 0.459. The number of aliphatic hydroxyl groups excluding tert-OH is 1. The molecule has 2 aromatic carbocycles. The SMILES string of the molecule is C=CCCC(=O)N[C@@H](C)[C@H](OC(=O)[C@@H]1[C@H]2O[C@@]3(CC2Br)[C@H](C(=O)N(CC=C)c2c(C)cccc2C)N(CCO)C(=O)[C@@H]13)c1ccccc1. The molecular formula is C37H44BrN3O7. The summed E-state index contributed by atoms with van der Waals surface area (Å²) in [6.45, 7) is 12.9. The molecule has 2 aromatic rings. The predicted octanol–water partition coefficient (Wildman–Crippen LogP) is 4.32. The molecule has 3 aliphatic rings. The molecule has 11 heteroatoms. The molecule has 2 N–H and O–H groups in total. The van der Waals surface area contributed by atoms with Crippen LogP contribution in [0.1, 0.15) is 49.0 Å². The maximum Gasteiger partial charge on any atom is 0.313 e. The Kier molecular flexibility index (Phi) is 10.9. The van der Waals surface area contributed by atoms with Crippen molar-refractivity contribution in [3.8, 4) is 0 Å². The number of carbonyl (C=O) groups excluding carboxylic acids is 4. The number of nitrogens with zero attached hydrogens (tertiary/aromatic N) is 2. The van der Waals surface area contributed by atoms with E-state index < -0.39 is 53.6 Å². The number of allylic oxidation sites excluding steroid dienone is 1. The first-order valence-corrected chi connectivity index (χ1v) is 17.3. The van der Waals surface area contributed by atoms with Crippen molar-refractivity contribution in [2.75, 3.05) is 24.6 Å². The second-order valence-corrected chi connectivity index (χ2v) is 14.0. The number of aryl methyl sites for hydroxylation is 2. The molecular weight excluding hydrogens is 678 g/mol. The molecule has 0 radical (unpaired) electrons. The van der Waals surface area contributed by atoms with E-state index in [1.807, 2.05) is 62.4 Å². The van der Waals surface area contributed by atoms with Crippen molar-refractivity contribution in [3.05, 3.63) is 90.5 Å². The number of para-hydroxylation sites is 1. The van der Waals surface area contributed by atoms with E-state index in [1.165, 1.54) is 4.90 Å². The molecule has 3 saturated heterocycles. The van der Waals surface area contributed by atoms with Gasteiger partial charge in [-0.25, -0.2) is 0 Å². The van der Waals surface area contributed by atoms with E-state index in [9.17, 15) is 24.3 Å². The number of benzene rings is 2. The number of carbonyl (C=O) groups is 4. The van der Waals surface area contributed by atoms with Crippen LogP contribution in [0.4, 0.5) is 5.69 Å². The van der Waals surface area contributed by atoms with Crippen LogP contribution < -0.4 is 10.2 Å². The zero-order chi connectivity index (χ0) is 34.7. The Morgan fingerprint density at radius 1 is 1.15 bits per heavy atom. The van der Waals surface area contributed by atoms with Gasteiger partial charge < -0.3 is 29.7 Å². The summed E-state index contributed by atoms with van der Waals surface area (Å²) < 4.78 is 12.9.